The van der Waals surface area contributed by atoms with E-state index in [4.69, 9.17) is 0 Å². The van der Waals surface area contributed by atoms with Crippen LogP contribution in [-0.2, 0) is 12.8 Å². The van der Waals surface area contributed by atoms with E-state index in [1.54, 1.807) is 10.9 Å². The lowest BCUT2D eigenvalue weighted by Crippen LogP contribution is -2.08. The normalized spacial score (nSPS) is 12.6. The number of halogens is 1. The molecule has 1 aromatic carbocycles. The van der Waals surface area contributed by atoms with Crippen LogP contribution in [0, 0.1) is 0 Å². The van der Waals surface area contributed by atoms with Crippen LogP contribution in [0.25, 0.3) is 17.1 Å². The van der Waals surface area contributed by atoms with Crippen molar-refractivity contribution < 1.29 is 9.90 Å². The highest BCUT2D eigenvalue weighted by Crippen LogP contribution is 2.38. The molecule has 0 radical (unpaired) electrons. The average molecular weight is 370 g/mol. The SMILES string of the molecule is O=C(O)c1nn(-c2ccccn2)c2c1CCc1ccc(Br)cc1-2. The topological polar surface area (TPSA) is 68.0 Å². The molecule has 23 heavy (non-hydrogen) atoms. The van der Waals surface area contributed by atoms with Crippen molar-refractivity contribution in [2.75, 3.05) is 0 Å². The number of fused-ring (bicyclic) bond motifs is 3. The molecule has 0 fully saturated rings. The van der Waals surface area contributed by atoms with Crippen molar-refractivity contribution in [1.82, 2.24) is 14.8 Å². The number of aromatic nitrogens is 3. The van der Waals surface area contributed by atoms with Gasteiger partial charge in [-0.2, -0.15) is 5.10 Å². The monoisotopic (exact) mass is 369 g/mol. The molecule has 0 saturated carbocycles. The van der Waals surface area contributed by atoms with Crippen molar-refractivity contribution in [3.63, 3.8) is 0 Å². The maximum Gasteiger partial charge on any atom is 0.356 e. The number of aryl methyl sites for hydroxylation is 1. The molecule has 0 spiro atoms. The summed E-state index contributed by atoms with van der Waals surface area (Å²) in [5.74, 6) is -0.390. The number of rotatable bonds is 2. The molecule has 0 unspecified atom stereocenters. The van der Waals surface area contributed by atoms with Gasteiger partial charge in [-0.15, -0.1) is 0 Å². The van der Waals surface area contributed by atoms with Gasteiger partial charge >= 0.3 is 5.97 Å². The molecule has 2 heterocycles. The van der Waals surface area contributed by atoms with Gasteiger partial charge < -0.3 is 5.11 Å². The number of carbonyl (C=O) groups is 1. The smallest absolute Gasteiger partial charge is 0.356 e. The van der Waals surface area contributed by atoms with E-state index >= 15 is 0 Å². The number of benzene rings is 1. The molecule has 0 aliphatic heterocycles. The van der Waals surface area contributed by atoms with E-state index in [0.717, 1.165) is 27.7 Å². The van der Waals surface area contributed by atoms with Crippen molar-refractivity contribution in [2.45, 2.75) is 12.8 Å². The third kappa shape index (κ3) is 2.26. The minimum absolute atomic E-state index is 0.108. The summed E-state index contributed by atoms with van der Waals surface area (Å²) in [6.45, 7) is 0. The molecule has 3 aromatic rings. The van der Waals surface area contributed by atoms with E-state index < -0.39 is 5.97 Å². The fourth-order valence-electron chi connectivity index (χ4n) is 3.03. The summed E-state index contributed by atoms with van der Waals surface area (Å²) in [6.07, 6.45) is 3.15. The third-order valence-electron chi connectivity index (χ3n) is 4.02. The lowest BCUT2D eigenvalue weighted by molar-refractivity contribution is 0.0688. The Hall–Kier alpha value is -2.47. The Balaban J connectivity index is 2.05. The lowest BCUT2D eigenvalue weighted by atomic mass is 9.89. The zero-order chi connectivity index (χ0) is 16.0. The number of carboxylic acid groups (broad SMARTS) is 1. The van der Waals surface area contributed by atoms with Crippen LogP contribution in [0.2, 0.25) is 0 Å². The third-order valence-corrected chi connectivity index (χ3v) is 4.52. The minimum atomic E-state index is -1.01. The highest BCUT2D eigenvalue weighted by molar-refractivity contribution is 9.10. The molecular formula is C17H12BrN3O2. The molecule has 0 amide bonds. The van der Waals surface area contributed by atoms with Gasteiger partial charge in [0.2, 0.25) is 0 Å². The molecule has 4 rings (SSSR count). The second-order valence-electron chi connectivity index (χ2n) is 5.38. The van der Waals surface area contributed by atoms with E-state index in [-0.39, 0.29) is 5.69 Å². The Kier molecular flexibility index (Phi) is 3.27. The zero-order valence-electron chi connectivity index (χ0n) is 12.0. The van der Waals surface area contributed by atoms with Gasteiger partial charge in [0, 0.05) is 21.8 Å². The highest BCUT2D eigenvalue weighted by atomic mass is 79.9. The van der Waals surface area contributed by atoms with Gasteiger partial charge in [0.1, 0.15) is 0 Å². The first-order chi connectivity index (χ1) is 11.1. The first-order valence-corrected chi connectivity index (χ1v) is 8.00. The first-order valence-electron chi connectivity index (χ1n) is 7.20. The first kappa shape index (κ1) is 14.1. The molecule has 1 aliphatic carbocycles. The summed E-state index contributed by atoms with van der Waals surface area (Å²) in [5, 5.41) is 13.8. The molecule has 6 heteroatoms. The minimum Gasteiger partial charge on any atom is -0.476 e. The Morgan fingerprint density at radius 1 is 1.22 bits per heavy atom. The van der Waals surface area contributed by atoms with E-state index in [9.17, 15) is 9.90 Å². The van der Waals surface area contributed by atoms with Crippen molar-refractivity contribution in [1.29, 1.82) is 0 Å². The summed E-state index contributed by atoms with van der Waals surface area (Å²) < 4.78 is 2.60. The average Bonchev–Trinajstić information content (AvgIpc) is 2.96. The molecule has 114 valence electrons. The van der Waals surface area contributed by atoms with Crippen molar-refractivity contribution in [3.05, 3.63) is 63.9 Å². The molecule has 1 N–H and O–H groups in total. The molecule has 0 bridgehead atoms. The van der Waals surface area contributed by atoms with E-state index in [1.165, 1.54) is 5.56 Å². The molecule has 2 aromatic heterocycles. The second-order valence-corrected chi connectivity index (χ2v) is 6.30. The highest BCUT2D eigenvalue weighted by Gasteiger charge is 2.29. The molecule has 5 nitrogen and oxygen atoms in total. The van der Waals surface area contributed by atoms with Crippen LogP contribution in [0.1, 0.15) is 21.6 Å². The lowest BCUT2D eigenvalue weighted by Gasteiger charge is -2.18. The largest absolute Gasteiger partial charge is 0.476 e. The summed E-state index contributed by atoms with van der Waals surface area (Å²) in [7, 11) is 0. The van der Waals surface area contributed by atoms with Gasteiger partial charge in [0.25, 0.3) is 0 Å². The number of aromatic carboxylic acids is 1. The Labute approximate surface area is 140 Å². The van der Waals surface area contributed by atoms with Crippen LogP contribution >= 0.6 is 15.9 Å². The zero-order valence-corrected chi connectivity index (χ0v) is 13.6. The van der Waals surface area contributed by atoms with Crippen LogP contribution in [0.3, 0.4) is 0 Å². The van der Waals surface area contributed by atoms with Gasteiger partial charge in [0.05, 0.1) is 5.69 Å². The number of hydrogen-bond acceptors (Lipinski definition) is 3. The molecular weight excluding hydrogens is 358 g/mol. The van der Waals surface area contributed by atoms with Crippen LogP contribution in [0.4, 0.5) is 0 Å². The van der Waals surface area contributed by atoms with Crippen molar-refractivity contribution in [2.24, 2.45) is 0 Å². The Bertz CT molecular complexity index is 919. The number of hydrogen-bond donors (Lipinski definition) is 1. The number of carboxylic acids is 1. The quantitative estimate of drug-likeness (QED) is 0.750. The number of nitrogens with zero attached hydrogens (tertiary/aromatic N) is 3. The summed E-state index contributed by atoms with van der Waals surface area (Å²) in [5.41, 5.74) is 3.90. The summed E-state index contributed by atoms with van der Waals surface area (Å²) >= 11 is 3.50. The van der Waals surface area contributed by atoms with Crippen molar-refractivity contribution in [3.8, 4) is 17.1 Å². The summed E-state index contributed by atoms with van der Waals surface area (Å²) in [4.78, 5) is 15.9. The number of pyridine rings is 1. The van der Waals surface area contributed by atoms with Gasteiger partial charge in [-0.3, -0.25) is 0 Å². The maximum absolute atomic E-state index is 11.6. The standard InChI is InChI=1S/C17H12BrN3O2/c18-11-6-4-10-5-7-12-15(17(22)23)20-21(16(12)13(10)9-11)14-3-1-2-8-19-14/h1-4,6,8-9H,5,7H2,(H,22,23). The van der Waals surface area contributed by atoms with E-state index in [0.29, 0.717) is 12.2 Å². The fraction of sp³-hybridized carbons (Fsp3) is 0.118. The molecule has 0 saturated heterocycles. The fourth-order valence-corrected chi connectivity index (χ4v) is 3.39. The van der Waals surface area contributed by atoms with E-state index in [2.05, 4.69) is 32.1 Å². The maximum atomic E-state index is 11.6. The predicted octanol–water partition coefficient (Wildman–Crippen LogP) is 3.49. The predicted molar refractivity (Wildman–Crippen MR) is 88.9 cm³/mol. The van der Waals surface area contributed by atoms with Crippen LogP contribution < -0.4 is 0 Å². The van der Waals surface area contributed by atoms with Crippen LogP contribution in [-0.4, -0.2) is 25.8 Å². The van der Waals surface area contributed by atoms with Gasteiger partial charge in [-0.05, 0) is 42.7 Å². The van der Waals surface area contributed by atoms with Crippen LogP contribution in [0.5, 0.6) is 0 Å². The van der Waals surface area contributed by atoms with Crippen LogP contribution in [0.15, 0.2) is 47.1 Å². The molecule has 0 atom stereocenters. The van der Waals surface area contributed by atoms with Gasteiger partial charge in [0.15, 0.2) is 11.5 Å². The van der Waals surface area contributed by atoms with Gasteiger partial charge in [-0.25, -0.2) is 14.5 Å². The summed E-state index contributed by atoms with van der Waals surface area (Å²) in [6, 6.07) is 11.6. The van der Waals surface area contributed by atoms with Gasteiger partial charge in [-0.1, -0.05) is 28.1 Å². The Morgan fingerprint density at radius 2 is 2.09 bits per heavy atom. The van der Waals surface area contributed by atoms with Crippen molar-refractivity contribution >= 4 is 21.9 Å². The van der Waals surface area contributed by atoms with E-state index in [1.807, 2.05) is 30.3 Å². The molecule has 1 aliphatic rings. The second kappa shape index (κ2) is 5.31. The Morgan fingerprint density at radius 3 is 2.83 bits per heavy atom.